The fourth-order valence-corrected chi connectivity index (χ4v) is 1.01. The molecule has 0 rings (SSSR count). The molecule has 0 unspecified atom stereocenters. The lowest BCUT2D eigenvalue weighted by Gasteiger charge is -2.06. The molecule has 0 aliphatic carbocycles. The minimum atomic E-state index is -0.653. The number of hydrogen-bond acceptors (Lipinski definition) is 7. The lowest BCUT2D eigenvalue weighted by Crippen LogP contribution is -2.17. The molecule has 0 saturated carbocycles. The van der Waals surface area contributed by atoms with E-state index in [0.717, 1.165) is 0 Å². The lowest BCUT2D eigenvalue weighted by molar-refractivity contribution is -0.155. The maximum Gasteiger partial charge on any atom is 0.317 e. The molecule has 0 N–H and O–H groups in total. The van der Waals surface area contributed by atoms with Crippen molar-refractivity contribution in [3.8, 4) is 0 Å². The molecule has 110 valence electrons. The van der Waals surface area contributed by atoms with E-state index in [4.69, 9.17) is 14.2 Å². The van der Waals surface area contributed by atoms with Crippen molar-refractivity contribution in [1.29, 1.82) is 0 Å². The summed E-state index contributed by atoms with van der Waals surface area (Å²) < 4.78 is 19.1. The van der Waals surface area contributed by atoms with Gasteiger partial charge in [-0.15, -0.1) is 0 Å². The largest absolute Gasteiger partial charge is 0.466 e. The van der Waals surface area contributed by atoms with Crippen molar-refractivity contribution in [3.63, 3.8) is 0 Å². The summed E-state index contributed by atoms with van der Waals surface area (Å²) in [4.78, 5) is 32.8. The highest BCUT2D eigenvalue weighted by Gasteiger charge is 2.10. The molecule has 7 heteroatoms. The second-order valence-corrected chi connectivity index (χ2v) is 3.39. The van der Waals surface area contributed by atoms with Gasteiger partial charge in [-0.25, -0.2) is 0 Å². The van der Waals surface area contributed by atoms with Gasteiger partial charge in [-0.1, -0.05) is 6.92 Å². The number of hydrogen-bond donors (Lipinski definition) is 0. The summed E-state index contributed by atoms with van der Waals surface area (Å²) in [5.74, 6) is -1.55. The predicted octanol–water partition coefficient (Wildman–Crippen LogP) is 0.453. The van der Waals surface area contributed by atoms with Gasteiger partial charge in [0, 0.05) is 6.42 Å². The zero-order valence-corrected chi connectivity index (χ0v) is 11.3. The molecule has 0 amide bonds. The second-order valence-electron chi connectivity index (χ2n) is 3.39. The number of esters is 3. The fourth-order valence-electron chi connectivity index (χ4n) is 1.01. The molecule has 0 heterocycles. The monoisotopic (exact) mass is 276 g/mol. The first kappa shape index (κ1) is 17.4. The van der Waals surface area contributed by atoms with E-state index in [-0.39, 0.29) is 39.0 Å². The number of rotatable bonds is 10. The van der Waals surface area contributed by atoms with Gasteiger partial charge in [0.05, 0.1) is 19.8 Å². The molecular formula is C12H20O7. The Labute approximate surface area is 112 Å². The minimum Gasteiger partial charge on any atom is -0.466 e. The van der Waals surface area contributed by atoms with Crippen molar-refractivity contribution in [3.05, 3.63) is 0 Å². The molecule has 0 aromatic rings. The molecule has 0 aromatic heterocycles. The van der Waals surface area contributed by atoms with Gasteiger partial charge in [-0.05, 0) is 6.92 Å². The molecule has 7 nitrogen and oxygen atoms in total. The van der Waals surface area contributed by atoms with E-state index >= 15 is 0 Å². The van der Waals surface area contributed by atoms with E-state index in [1.807, 2.05) is 0 Å². The number of carbonyl (C=O) groups excluding carboxylic acids is 3. The minimum absolute atomic E-state index is 0.0416. The SMILES string of the molecule is CCOC(=O)CC(=O)OCCOCCOC(=O)CC. The first-order valence-electron chi connectivity index (χ1n) is 6.14. The van der Waals surface area contributed by atoms with Crippen LogP contribution in [0.4, 0.5) is 0 Å². The van der Waals surface area contributed by atoms with Crippen LogP contribution in [0.15, 0.2) is 0 Å². The van der Waals surface area contributed by atoms with Crippen LogP contribution in [0.1, 0.15) is 26.7 Å². The maximum absolute atomic E-state index is 11.1. The highest BCUT2D eigenvalue weighted by atomic mass is 16.6. The van der Waals surface area contributed by atoms with Crippen LogP contribution in [0.5, 0.6) is 0 Å². The first-order valence-corrected chi connectivity index (χ1v) is 6.14. The highest BCUT2D eigenvalue weighted by molar-refractivity contribution is 5.91. The van der Waals surface area contributed by atoms with Gasteiger partial charge >= 0.3 is 17.9 Å². The molecule has 19 heavy (non-hydrogen) atoms. The standard InChI is InChI=1S/C12H20O7/c1-3-10(13)18-7-5-16-6-8-19-12(15)9-11(14)17-4-2/h3-9H2,1-2H3. The Kier molecular flexibility index (Phi) is 10.5. The highest BCUT2D eigenvalue weighted by Crippen LogP contribution is 1.91. The maximum atomic E-state index is 11.1. The van der Waals surface area contributed by atoms with Crippen LogP contribution in [-0.4, -0.2) is 50.9 Å². The van der Waals surface area contributed by atoms with E-state index in [9.17, 15) is 14.4 Å². The van der Waals surface area contributed by atoms with Crippen LogP contribution in [-0.2, 0) is 33.3 Å². The summed E-state index contributed by atoms with van der Waals surface area (Å²) >= 11 is 0. The molecule has 0 fully saturated rings. The Morgan fingerprint density at radius 2 is 1.26 bits per heavy atom. The quantitative estimate of drug-likeness (QED) is 0.248. The lowest BCUT2D eigenvalue weighted by atomic mass is 10.4. The third kappa shape index (κ3) is 11.2. The smallest absolute Gasteiger partial charge is 0.317 e. The Morgan fingerprint density at radius 1 is 0.737 bits per heavy atom. The van der Waals surface area contributed by atoms with Crippen LogP contribution in [0.3, 0.4) is 0 Å². The molecule has 0 radical (unpaired) electrons. The summed E-state index contributed by atoms with van der Waals surface area (Å²) in [6, 6.07) is 0. The van der Waals surface area contributed by atoms with Gasteiger partial charge in [-0.2, -0.15) is 0 Å². The van der Waals surface area contributed by atoms with Gasteiger partial charge in [-0.3, -0.25) is 14.4 Å². The van der Waals surface area contributed by atoms with E-state index in [2.05, 4.69) is 4.74 Å². The summed E-state index contributed by atoms with van der Waals surface area (Å²) in [6.45, 7) is 4.21. The van der Waals surface area contributed by atoms with Crippen molar-refractivity contribution >= 4 is 17.9 Å². The Balaban J connectivity index is 3.36. The van der Waals surface area contributed by atoms with Gasteiger partial charge in [0.2, 0.25) is 0 Å². The fraction of sp³-hybridized carbons (Fsp3) is 0.750. The molecule has 0 aromatic carbocycles. The molecule has 0 bridgehead atoms. The van der Waals surface area contributed by atoms with Gasteiger partial charge in [0.1, 0.15) is 19.6 Å². The van der Waals surface area contributed by atoms with Crippen LogP contribution >= 0.6 is 0 Å². The first-order chi connectivity index (χ1) is 9.10. The molecule has 0 spiro atoms. The Hall–Kier alpha value is -1.63. The van der Waals surface area contributed by atoms with E-state index in [0.29, 0.717) is 6.42 Å². The summed E-state index contributed by atoms with van der Waals surface area (Å²) in [7, 11) is 0. The summed E-state index contributed by atoms with van der Waals surface area (Å²) in [6.07, 6.45) is -0.0760. The van der Waals surface area contributed by atoms with E-state index < -0.39 is 18.4 Å². The number of ether oxygens (including phenoxy) is 4. The predicted molar refractivity (Wildman–Crippen MR) is 64.3 cm³/mol. The van der Waals surface area contributed by atoms with Crippen molar-refractivity contribution in [2.75, 3.05) is 33.0 Å². The van der Waals surface area contributed by atoms with E-state index in [1.54, 1.807) is 13.8 Å². The van der Waals surface area contributed by atoms with Gasteiger partial charge in [0.15, 0.2) is 0 Å². The van der Waals surface area contributed by atoms with Crippen molar-refractivity contribution in [2.24, 2.45) is 0 Å². The Morgan fingerprint density at radius 3 is 1.79 bits per heavy atom. The van der Waals surface area contributed by atoms with E-state index in [1.165, 1.54) is 0 Å². The normalized spacial score (nSPS) is 9.79. The topological polar surface area (TPSA) is 88.1 Å². The molecule has 0 aliphatic rings. The average Bonchev–Trinajstić information content (AvgIpc) is 2.37. The summed E-state index contributed by atoms with van der Waals surface area (Å²) in [5, 5.41) is 0. The van der Waals surface area contributed by atoms with Crippen molar-refractivity contribution in [2.45, 2.75) is 26.7 Å². The Bertz CT molecular complexity index is 288. The zero-order valence-electron chi connectivity index (χ0n) is 11.3. The second kappa shape index (κ2) is 11.5. The van der Waals surface area contributed by atoms with Crippen LogP contribution in [0.2, 0.25) is 0 Å². The van der Waals surface area contributed by atoms with Gasteiger partial charge in [0.25, 0.3) is 0 Å². The molecule has 0 aliphatic heterocycles. The third-order valence-corrected chi connectivity index (χ3v) is 1.86. The summed E-state index contributed by atoms with van der Waals surface area (Å²) in [5.41, 5.74) is 0. The van der Waals surface area contributed by atoms with Crippen molar-refractivity contribution in [1.82, 2.24) is 0 Å². The van der Waals surface area contributed by atoms with Crippen LogP contribution in [0.25, 0.3) is 0 Å². The van der Waals surface area contributed by atoms with Crippen LogP contribution in [0, 0.1) is 0 Å². The zero-order chi connectivity index (χ0) is 14.5. The van der Waals surface area contributed by atoms with Crippen molar-refractivity contribution < 1.29 is 33.3 Å². The molecular weight excluding hydrogens is 256 g/mol. The van der Waals surface area contributed by atoms with Gasteiger partial charge < -0.3 is 18.9 Å². The molecule has 0 atom stereocenters. The number of carbonyl (C=O) groups is 3. The third-order valence-electron chi connectivity index (χ3n) is 1.86. The average molecular weight is 276 g/mol. The van der Waals surface area contributed by atoms with Crippen LogP contribution < -0.4 is 0 Å². The molecule has 0 saturated heterocycles.